The lowest BCUT2D eigenvalue weighted by Gasteiger charge is -2.25. The Hall–Kier alpha value is -2.34. The monoisotopic (exact) mass is 356 g/mol. The van der Waals surface area contributed by atoms with Crippen molar-refractivity contribution in [3.05, 3.63) is 35.5 Å². The van der Waals surface area contributed by atoms with E-state index in [0.29, 0.717) is 5.95 Å². The summed E-state index contributed by atoms with van der Waals surface area (Å²) in [4.78, 5) is 11.6. The first-order chi connectivity index (χ1) is 12.6. The van der Waals surface area contributed by atoms with E-state index in [2.05, 4.69) is 28.2 Å². The van der Waals surface area contributed by atoms with Crippen molar-refractivity contribution in [2.45, 2.75) is 45.6 Å². The van der Waals surface area contributed by atoms with Crippen LogP contribution in [0.15, 0.2) is 24.3 Å². The van der Waals surface area contributed by atoms with E-state index in [1.807, 2.05) is 25.1 Å². The molecule has 1 atom stereocenters. The summed E-state index contributed by atoms with van der Waals surface area (Å²) in [6.07, 6.45) is 4.01. The second-order valence-electron chi connectivity index (χ2n) is 6.77. The average molecular weight is 356 g/mol. The van der Waals surface area contributed by atoms with Crippen molar-refractivity contribution >= 4 is 17.5 Å². The number of hydrogen-bond acceptors (Lipinski definition) is 6. The second-order valence-corrected chi connectivity index (χ2v) is 6.77. The third-order valence-corrected chi connectivity index (χ3v) is 4.85. The Balaban J connectivity index is 1.93. The summed E-state index contributed by atoms with van der Waals surface area (Å²) in [5, 5.41) is 13.0. The van der Waals surface area contributed by atoms with Crippen LogP contribution in [0.25, 0.3) is 0 Å². The van der Waals surface area contributed by atoms with Crippen LogP contribution in [0.2, 0.25) is 0 Å². The quantitative estimate of drug-likeness (QED) is 0.792. The van der Waals surface area contributed by atoms with Gasteiger partial charge < -0.3 is 20.1 Å². The summed E-state index contributed by atoms with van der Waals surface area (Å²) in [6.45, 7) is 5.27. The van der Waals surface area contributed by atoms with Crippen molar-refractivity contribution in [1.29, 1.82) is 0 Å². The molecule has 26 heavy (non-hydrogen) atoms. The third kappa shape index (κ3) is 4.07. The minimum atomic E-state index is 0.144. The first-order valence-corrected chi connectivity index (χ1v) is 9.31. The molecule has 0 amide bonds. The minimum absolute atomic E-state index is 0.144. The molecule has 6 heteroatoms. The Morgan fingerprint density at radius 1 is 1.31 bits per heavy atom. The van der Waals surface area contributed by atoms with Gasteiger partial charge in [-0.2, -0.15) is 4.98 Å². The van der Waals surface area contributed by atoms with Crippen molar-refractivity contribution < 1.29 is 9.84 Å². The molecule has 140 valence electrons. The number of aryl methyl sites for hydroxylation is 2. The number of aliphatic hydroxyl groups is 1. The summed E-state index contributed by atoms with van der Waals surface area (Å²) in [6, 6.07) is 8.11. The van der Waals surface area contributed by atoms with Crippen LogP contribution in [0.4, 0.5) is 17.5 Å². The molecule has 0 bridgehead atoms. The van der Waals surface area contributed by atoms with Crippen LogP contribution >= 0.6 is 0 Å². The number of methoxy groups -OCH3 is 1. The Morgan fingerprint density at radius 3 is 2.88 bits per heavy atom. The van der Waals surface area contributed by atoms with E-state index in [9.17, 15) is 5.11 Å². The third-order valence-electron chi connectivity index (χ3n) is 4.85. The SMILES string of the molecule is CCCc1cc(N2CCC[C@H]2CO)nc(Nc2cc(OC)ccc2C)n1. The topological polar surface area (TPSA) is 70.5 Å². The Morgan fingerprint density at radius 2 is 2.15 bits per heavy atom. The highest BCUT2D eigenvalue weighted by atomic mass is 16.5. The van der Waals surface area contributed by atoms with Gasteiger partial charge in [-0.15, -0.1) is 0 Å². The van der Waals surface area contributed by atoms with E-state index >= 15 is 0 Å². The van der Waals surface area contributed by atoms with Gasteiger partial charge >= 0.3 is 0 Å². The fourth-order valence-corrected chi connectivity index (χ4v) is 3.38. The van der Waals surface area contributed by atoms with Gasteiger partial charge in [-0.1, -0.05) is 19.4 Å². The van der Waals surface area contributed by atoms with Gasteiger partial charge in [0.15, 0.2) is 0 Å². The van der Waals surface area contributed by atoms with E-state index in [-0.39, 0.29) is 12.6 Å². The number of benzene rings is 1. The number of aromatic nitrogens is 2. The van der Waals surface area contributed by atoms with Crippen molar-refractivity contribution in [3.8, 4) is 5.75 Å². The summed E-state index contributed by atoms with van der Waals surface area (Å²) in [5.74, 6) is 2.27. The van der Waals surface area contributed by atoms with Crippen LogP contribution in [-0.2, 0) is 6.42 Å². The fraction of sp³-hybridized carbons (Fsp3) is 0.500. The Bertz CT molecular complexity index is 751. The molecule has 2 heterocycles. The molecule has 1 saturated heterocycles. The molecular formula is C20H28N4O2. The van der Waals surface area contributed by atoms with Crippen LogP contribution in [0.1, 0.15) is 37.4 Å². The smallest absolute Gasteiger partial charge is 0.229 e. The van der Waals surface area contributed by atoms with E-state index < -0.39 is 0 Å². The lowest BCUT2D eigenvalue weighted by Crippen LogP contribution is -2.33. The highest BCUT2D eigenvalue weighted by molar-refractivity contribution is 5.62. The highest BCUT2D eigenvalue weighted by Crippen LogP contribution is 2.28. The normalized spacial score (nSPS) is 16.8. The predicted octanol–water partition coefficient (Wildman–Crippen LogP) is 3.45. The van der Waals surface area contributed by atoms with Crippen LogP contribution in [0, 0.1) is 6.92 Å². The summed E-state index contributed by atoms with van der Waals surface area (Å²) >= 11 is 0. The standard InChI is InChI=1S/C20H28N4O2/c1-4-6-15-11-19(24-10-5-7-16(24)13-25)23-20(21-15)22-18-12-17(26-3)9-8-14(18)2/h8-9,11-12,16,25H,4-7,10,13H2,1-3H3,(H,21,22,23)/t16-/m0/s1. The lowest BCUT2D eigenvalue weighted by molar-refractivity contribution is 0.266. The molecule has 3 rings (SSSR count). The second kappa shape index (κ2) is 8.36. The van der Waals surface area contributed by atoms with Crippen molar-refractivity contribution in [3.63, 3.8) is 0 Å². The van der Waals surface area contributed by atoms with E-state index in [1.165, 1.54) is 0 Å². The maximum Gasteiger partial charge on any atom is 0.229 e. The summed E-state index contributed by atoms with van der Waals surface area (Å²) < 4.78 is 5.33. The van der Waals surface area contributed by atoms with Gasteiger partial charge in [0, 0.05) is 30.1 Å². The van der Waals surface area contributed by atoms with E-state index in [1.54, 1.807) is 7.11 Å². The number of nitrogens with zero attached hydrogens (tertiary/aromatic N) is 3. The predicted molar refractivity (Wildman–Crippen MR) is 104 cm³/mol. The van der Waals surface area contributed by atoms with Crippen molar-refractivity contribution in [2.24, 2.45) is 0 Å². The van der Waals surface area contributed by atoms with Crippen molar-refractivity contribution in [1.82, 2.24) is 9.97 Å². The first kappa shape index (κ1) is 18.5. The molecule has 1 aromatic heterocycles. The van der Waals surface area contributed by atoms with Gasteiger partial charge in [-0.25, -0.2) is 4.98 Å². The van der Waals surface area contributed by atoms with Crippen molar-refractivity contribution in [2.75, 3.05) is 30.5 Å². The molecule has 0 radical (unpaired) electrons. The molecule has 2 N–H and O–H groups in total. The van der Waals surface area contributed by atoms with Crippen LogP contribution in [0.5, 0.6) is 5.75 Å². The zero-order valence-electron chi connectivity index (χ0n) is 15.8. The molecule has 6 nitrogen and oxygen atoms in total. The molecule has 1 aliphatic heterocycles. The van der Waals surface area contributed by atoms with Gasteiger partial charge in [0.2, 0.25) is 5.95 Å². The van der Waals surface area contributed by atoms with Gasteiger partial charge in [0.1, 0.15) is 11.6 Å². The molecular weight excluding hydrogens is 328 g/mol. The van der Waals surface area contributed by atoms with E-state index in [0.717, 1.165) is 60.7 Å². The molecule has 2 aromatic rings. The maximum absolute atomic E-state index is 9.65. The molecule has 0 saturated carbocycles. The highest BCUT2D eigenvalue weighted by Gasteiger charge is 2.25. The maximum atomic E-state index is 9.65. The largest absolute Gasteiger partial charge is 0.497 e. The minimum Gasteiger partial charge on any atom is -0.497 e. The van der Waals surface area contributed by atoms with Crippen LogP contribution in [0.3, 0.4) is 0 Å². The Kier molecular flexibility index (Phi) is 5.93. The van der Waals surface area contributed by atoms with Crippen LogP contribution < -0.4 is 15.0 Å². The zero-order valence-corrected chi connectivity index (χ0v) is 15.8. The number of nitrogens with one attached hydrogen (secondary N) is 1. The van der Waals surface area contributed by atoms with Gasteiger partial charge in [0.25, 0.3) is 0 Å². The number of ether oxygens (including phenoxy) is 1. The lowest BCUT2D eigenvalue weighted by atomic mass is 10.2. The van der Waals surface area contributed by atoms with Gasteiger partial charge in [-0.05, 0) is 37.8 Å². The molecule has 1 aromatic carbocycles. The number of anilines is 3. The zero-order chi connectivity index (χ0) is 18.5. The molecule has 1 fully saturated rings. The Labute approximate surface area is 155 Å². The first-order valence-electron chi connectivity index (χ1n) is 9.31. The van der Waals surface area contributed by atoms with Gasteiger partial charge in [-0.3, -0.25) is 0 Å². The molecule has 0 unspecified atom stereocenters. The van der Waals surface area contributed by atoms with Gasteiger partial charge in [0.05, 0.1) is 19.8 Å². The number of rotatable bonds is 7. The molecule has 0 spiro atoms. The van der Waals surface area contributed by atoms with Crippen LogP contribution in [-0.4, -0.2) is 41.4 Å². The summed E-state index contributed by atoms with van der Waals surface area (Å²) in [7, 11) is 1.66. The summed E-state index contributed by atoms with van der Waals surface area (Å²) in [5.41, 5.74) is 3.06. The van der Waals surface area contributed by atoms with E-state index in [4.69, 9.17) is 9.72 Å². The number of aliphatic hydroxyl groups excluding tert-OH is 1. The molecule has 0 aliphatic carbocycles. The molecule has 1 aliphatic rings. The number of hydrogen-bond donors (Lipinski definition) is 2. The average Bonchev–Trinajstić information content (AvgIpc) is 3.12. The fourth-order valence-electron chi connectivity index (χ4n) is 3.38.